The minimum absolute atomic E-state index is 0.657. The highest BCUT2D eigenvalue weighted by Gasteiger charge is 1.87. The summed E-state index contributed by atoms with van der Waals surface area (Å²) in [6.07, 6.45) is 0. The SMILES string of the molecule is C=C(C)C(C)C. The van der Waals surface area contributed by atoms with Crippen LogP contribution in [0.1, 0.15) is 20.8 Å². The maximum atomic E-state index is 3.75. The number of rotatable bonds is 1. The summed E-state index contributed by atoms with van der Waals surface area (Å²) in [6.45, 7) is 10.1. The zero-order valence-corrected chi connectivity index (χ0v) is 4.78. The maximum Gasteiger partial charge on any atom is -0.0266 e. The van der Waals surface area contributed by atoms with Crippen molar-refractivity contribution in [3.05, 3.63) is 12.2 Å². The van der Waals surface area contributed by atoms with Gasteiger partial charge in [-0.25, -0.2) is 0 Å². The van der Waals surface area contributed by atoms with Crippen LogP contribution in [0, 0.1) is 5.92 Å². The molecule has 0 saturated carbocycles. The van der Waals surface area contributed by atoms with E-state index >= 15 is 0 Å². The van der Waals surface area contributed by atoms with E-state index in [-0.39, 0.29) is 0 Å². The maximum absolute atomic E-state index is 3.75. The van der Waals surface area contributed by atoms with Crippen LogP contribution in [0.2, 0.25) is 0 Å². The first kappa shape index (κ1) is 5.74. The Morgan fingerprint density at radius 3 is 1.67 bits per heavy atom. The van der Waals surface area contributed by atoms with Crippen LogP contribution >= 0.6 is 0 Å². The highest BCUT2D eigenvalue weighted by Crippen LogP contribution is 2.02. The lowest BCUT2D eigenvalue weighted by Gasteiger charge is -1.97. The second kappa shape index (κ2) is 2.01. The lowest BCUT2D eigenvalue weighted by Crippen LogP contribution is -1.83. The Hall–Kier alpha value is -0.260. The molecule has 0 bridgehead atoms. The molecule has 0 spiro atoms. The van der Waals surface area contributed by atoms with Gasteiger partial charge >= 0.3 is 0 Å². The normalized spacial score (nSPS) is 9.33. The summed E-state index contributed by atoms with van der Waals surface area (Å²) in [5.74, 6) is 0.657. The highest BCUT2D eigenvalue weighted by atomic mass is 13.9. The fourth-order valence-corrected chi connectivity index (χ4v) is 0. The van der Waals surface area contributed by atoms with E-state index in [0.29, 0.717) is 5.92 Å². The monoisotopic (exact) mass is 84.1 g/mol. The lowest BCUT2D eigenvalue weighted by atomic mass is 10.1. The Morgan fingerprint density at radius 1 is 1.50 bits per heavy atom. The molecule has 0 fully saturated rings. The van der Waals surface area contributed by atoms with Gasteiger partial charge in [0.25, 0.3) is 0 Å². The van der Waals surface area contributed by atoms with Gasteiger partial charge in [-0.1, -0.05) is 26.0 Å². The third-order valence-electron chi connectivity index (χ3n) is 0.986. The molecule has 0 heterocycles. The second-order valence-electron chi connectivity index (χ2n) is 2.00. The first-order valence-corrected chi connectivity index (χ1v) is 2.30. The van der Waals surface area contributed by atoms with Crippen molar-refractivity contribution in [1.29, 1.82) is 0 Å². The minimum Gasteiger partial charge on any atom is -0.0999 e. The van der Waals surface area contributed by atoms with E-state index in [4.69, 9.17) is 0 Å². The van der Waals surface area contributed by atoms with Crippen molar-refractivity contribution in [2.75, 3.05) is 0 Å². The van der Waals surface area contributed by atoms with E-state index < -0.39 is 0 Å². The second-order valence-corrected chi connectivity index (χ2v) is 2.00. The standard InChI is InChI=1S/C6H12/c1-5(2)6(3)4/h6H,1H2,2-4H3. The molecule has 0 heteroatoms. The van der Waals surface area contributed by atoms with Crippen LogP contribution in [-0.2, 0) is 0 Å². The molecule has 0 aliphatic carbocycles. The molecular formula is C6H12. The predicted molar refractivity (Wildman–Crippen MR) is 29.7 cm³/mol. The molecule has 0 amide bonds. The van der Waals surface area contributed by atoms with E-state index in [9.17, 15) is 0 Å². The molecule has 36 valence electrons. The average molecular weight is 84.2 g/mol. The van der Waals surface area contributed by atoms with Gasteiger partial charge in [-0.05, 0) is 12.8 Å². The van der Waals surface area contributed by atoms with E-state index in [1.165, 1.54) is 5.57 Å². The van der Waals surface area contributed by atoms with E-state index in [2.05, 4.69) is 20.4 Å². The molecular weight excluding hydrogens is 72.1 g/mol. The van der Waals surface area contributed by atoms with Crippen molar-refractivity contribution >= 4 is 0 Å². The largest absolute Gasteiger partial charge is 0.0999 e. The summed E-state index contributed by atoms with van der Waals surface area (Å²) in [5.41, 5.74) is 1.26. The van der Waals surface area contributed by atoms with Gasteiger partial charge in [0.1, 0.15) is 0 Å². The minimum atomic E-state index is 0.657. The molecule has 0 aliphatic heterocycles. The molecule has 0 unspecified atom stereocenters. The van der Waals surface area contributed by atoms with Crippen LogP contribution in [0.3, 0.4) is 0 Å². The predicted octanol–water partition coefficient (Wildman–Crippen LogP) is 2.22. The fourth-order valence-electron chi connectivity index (χ4n) is 0. The summed E-state index contributed by atoms with van der Waals surface area (Å²) in [6, 6.07) is 0. The number of allylic oxidation sites excluding steroid dienone is 1. The zero-order chi connectivity index (χ0) is 5.15. The molecule has 0 rings (SSSR count). The third-order valence-corrected chi connectivity index (χ3v) is 0.986. The van der Waals surface area contributed by atoms with E-state index in [0.717, 1.165) is 0 Å². The van der Waals surface area contributed by atoms with Gasteiger partial charge in [-0.3, -0.25) is 0 Å². The molecule has 0 atom stereocenters. The van der Waals surface area contributed by atoms with Gasteiger partial charge in [-0.15, -0.1) is 0 Å². The molecule has 0 aliphatic rings. The first-order valence-electron chi connectivity index (χ1n) is 2.30. The van der Waals surface area contributed by atoms with Gasteiger partial charge in [0.05, 0.1) is 0 Å². The molecule has 0 nitrogen and oxygen atoms in total. The van der Waals surface area contributed by atoms with Gasteiger partial charge in [0.15, 0.2) is 0 Å². The molecule has 0 radical (unpaired) electrons. The number of hydrogen-bond donors (Lipinski definition) is 0. The quantitative estimate of drug-likeness (QED) is 0.427. The van der Waals surface area contributed by atoms with Crippen LogP contribution in [0.4, 0.5) is 0 Å². The average Bonchev–Trinajstić information content (AvgIpc) is 1.36. The molecule has 0 saturated heterocycles. The summed E-state index contributed by atoms with van der Waals surface area (Å²) >= 11 is 0. The highest BCUT2D eigenvalue weighted by molar-refractivity contribution is 4.90. The molecule has 6 heavy (non-hydrogen) atoms. The summed E-state index contributed by atoms with van der Waals surface area (Å²) < 4.78 is 0. The lowest BCUT2D eigenvalue weighted by molar-refractivity contribution is 0.773. The Bertz CT molecular complexity index is 51.1. The zero-order valence-electron chi connectivity index (χ0n) is 4.78. The van der Waals surface area contributed by atoms with E-state index in [1.807, 2.05) is 6.92 Å². The van der Waals surface area contributed by atoms with Crippen molar-refractivity contribution in [1.82, 2.24) is 0 Å². The number of hydrogen-bond acceptors (Lipinski definition) is 0. The van der Waals surface area contributed by atoms with Crippen molar-refractivity contribution in [2.45, 2.75) is 20.8 Å². The Morgan fingerprint density at radius 2 is 1.67 bits per heavy atom. The van der Waals surface area contributed by atoms with Gasteiger partial charge < -0.3 is 0 Å². The fraction of sp³-hybridized carbons (Fsp3) is 0.667. The topological polar surface area (TPSA) is 0 Å². The summed E-state index contributed by atoms with van der Waals surface area (Å²) in [7, 11) is 0. The van der Waals surface area contributed by atoms with Crippen molar-refractivity contribution in [3.8, 4) is 0 Å². The van der Waals surface area contributed by atoms with Crippen LogP contribution in [-0.4, -0.2) is 0 Å². The Kier molecular flexibility index (Phi) is 1.93. The van der Waals surface area contributed by atoms with Gasteiger partial charge in [0.2, 0.25) is 0 Å². The van der Waals surface area contributed by atoms with E-state index in [1.54, 1.807) is 0 Å². The summed E-state index contributed by atoms with van der Waals surface area (Å²) in [4.78, 5) is 0. The molecule has 0 N–H and O–H groups in total. The van der Waals surface area contributed by atoms with Crippen molar-refractivity contribution in [3.63, 3.8) is 0 Å². The van der Waals surface area contributed by atoms with Gasteiger partial charge in [0, 0.05) is 0 Å². The van der Waals surface area contributed by atoms with Crippen LogP contribution < -0.4 is 0 Å². The molecule has 0 aromatic carbocycles. The summed E-state index contributed by atoms with van der Waals surface area (Å²) in [5, 5.41) is 0. The van der Waals surface area contributed by atoms with Crippen LogP contribution in [0.25, 0.3) is 0 Å². The van der Waals surface area contributed by atoms with Crippen LogP contribution in [0.5, 0.6) is 0 Å². The molecule has 0 aromatic heterocycles. The first-order chi connectivity index (χ1) is 2.64. The Balaban J connectivity index is 3.26. The van der Waals surface area contributed by atoms with Crippen LogP contribution in [0.15, 0.2) is 12.2 Å². The molecule has 0 aromatic rings. The van der Waals surface area contributed by atoms with Crippen molar-refractivity contribution < 1.29 is 0 Å². The Labute approximate surface area is 39.9 Å². The van der Waals surface area contributed by atoms with Gasteiger partial charge in [-0.2, -0.15) is 0 Å². The van der Waals surface area contributed by atoms with Crippen molar-refractivity contribution in [2.24, 2.45) is 5.92 Å². The third kappa shape index (κ3) is 2.01. The smallest absolute Gasteiger partial charge is 0.0266 e.